The van der Waals surface area contributed by atoms with Crippen molar-refractivity contribution in [3.8, 4) is 0 Å². The van der Waals surface area contributed by atoms with E-state index in [4.69, 9.17) is 17.3 Å². The van der Waals surface area contributed by atoms with Gasteiger partial charge in [0.05, 0.1) is 10.8 Å². The Bertz CT molecular complexity index is 699. The predicted molar refractivity (Wildman–Crippen MR) is 80.1 cm³/mol. The Balaban J connectivity index is 2.93. The molecule has 0 unspecified atom stereocenters. The highest BCUT2D eigenvalue weighted by Gasteiger charge is 2.20. The van der Waals surface area contributed by atoms with Gasteiger partial charge in [0.1, 0.15) is 4.90 Å². The number of rotatable bonds is 6. The van der Waals surface area contributed by atoms with Crippen LogP contribution in [0.5, 0.6) is 0 Å². The third-order valence-corrected chi connectivity index (χ3v) is 6.39. The topological polar surface area (TPSA) is 106 Å². The first-order valence-corrected chi connectivity index (χ1v) is 9.53. The third-order valence-electron chi connectivity index (χ3n) is 2.76. The van der Waals surface area contributed by atoms with E-state index in [1.165, 1.54) is 19.1 Å². The molecule has 0 aliphatic heterocycles. The molecule has 3 N–H and O–H groups in total. The molecule has 20 heavy (non-hydrogen) atoms. The summed E-state index contributed by atoms with van der Waals surface area (Å²) in [6.45, 7) is 3.00. The second-order valence-electron chi connectivity index (χ2n) is 4.27. The zero-order chi connectivity index (χ0) is 15.6. The SMILES string of the molecule is CCS(=O)(=O)CCNS(=O)(=O)c1cc(N)c(C)cc1Cl. The van der Waals surface area contributed by atoms with Crippen molar-refractivity contribution in [3.63, 3.8) is 0 Å². The number of nitrogen functional groups attached to an aromatic ring is 1. The number of hydrogen-bond acceptors (Lipinski definition) is 5. The third kappa shape index (κ3) is 4.34. The Hall–Kier alpha value is -0.830. The van der Waals surface area contributed by atoms with Crippen molar-refractivity contribution in [2.75, 3.05) is 23.8 Å². The number of halogens is 1. The van der Waals surface area contributed by atoms with Crippen LogP contribution in [0.3, 0.4) is 0 Å². The summed E-state index contributed by atoms with van der Waals surface area (Å²) in [7, 11) is -7.12. The van der Waals surface area contributed by atoms with Crippen LogP contribution in [0.25, 0.3) is 0 Å². The maximum atomic E-state index is 12.0. The molecule has 0 radical (unpaired) electrons. The number of sulfonamides is 1. The monoisotopic (exact) mass is 340 g/mol. The van der Waals surface area contributed by atoms with Crippen LogP contribution in [0.1, 0.15) is 12.5 Å². The van der Waals surface area contributed by atoms with Crippen LogP contribution in [0.2, 0.25) is 5.02 Å². The van der Waals surface area contributed by atoms with Gasteiger partial charge in [0, 0.05) is 18.0 Å². The molecule has 0 saturated carbocycles. The summed E-state index contributed by atoms with van der Waals surface area (Å²) in [6, 6.07) is 2.71. The average molecular weight is 341 g/mol. The molecule has 1 rings (SSSR count). The van der Waals surface area contributed by atoms with Gasteiger partial charge in [-0.05, 0) is 24.6 Å². The van der Waals surface area contributed by atoms with Gasteiger partial charge in [0.2, 0.25) is 10.0 Å². The van der Waals surface area contributed by atoms with Crippen molar-refractivity contribution in [2.45, 2.75) is 18.7 Å². The van der Waals surface area contributed by atoms with Gasteiger partial charge in [0.25, 0.3) is 0 Å². The maximum absolute atomic E-state index is 12.0. The molecule has 0 atom stereocenters. The number of nitrogens with two attached hydrogens (primary N) is 1. The van der Waals surface area contributed by atoms with Gasteiger partial charge in [0.15, 0.2) is 9.84 Å². The van der Waals surface area contributed by atoms with Crippen molar-refractivity contribution in [3.05, 3.63) is 22.7 Å². The van der Waals surface area contributed by atoms with Gasteiger partial charge in [-0.3, -0.25) is 0 Å². The summed E-state index contributed by atoms with van der Waals surface area (Å²) < 4.78 is 48.9. The largest absolute Gasteiger partial charge is 0.398 e. The quantitative estimate of drug-likeness (QED) is 0.750. The van der Waals surface area contributed by atoms with Gasteiger partial charge in [-0.1, -0.05) is 18.5 Å². The highest BCUT2D eigenvalue weighted by atomic mass is 35.5. The Morgan fingerprint density at radius 1 is 1.25 bits per heavy atom. The summed E-state index contributed by atoms with van der Waals surface area (Å²) in [5.41, 5.74) is 6.63. The molecule has 0 bridgehead atoms. The van der Waals surface area contributed by atoms with Crippen LogP contribution in [-0.4, -0.2) is 34.9 Å². The lowest BCUT2D eigenvalue weighted by Crippen LogP contribution is -2.30. The molecule has 0 fully saturated rings. The van der Waals surface area contributed by atoms with Crippen molar-refractivity contribution in [1.29, 1.82) is 0 Å². The van der Waals surface area contributed by atoms with E-state index in [1.807, 2.05) is 0 Å². The number of hydrogen-bond donors (Lipinski definition) is 2. The fourth-order valence-corrected chi connectivity index (χ4v) is 3.91. The lowest BCUT2D eigenvalue weighted by atomic mass is 10.2. The van der Waals surface area contributed by atoms with E-state index in [0.717, 1.165) is 0 Å². The van der Waals surface area contributed by atoms with Crippen molar-refractivity contribution < 1.29 is 16.8 Å². The molecule has 1 aromatic rings. The smallest absolute Gasteiger partial charge is 0.242 e. The first-order valence-electron chi connectivity index (χ1n) is 5.85. The van der Waals surface area contributed by atoms with E-state index < -0.39 is 19.9 Å². The van der Waals surface area contributed by atoms with E-state index in [0.29, 0.717) is 11.3 Å². The second-order valence-corrected chi connectivity index (χ2v) is 8.89. The molecule has 1 aromatic carbocycles. The van der Waals surface area contributed by atoms with Crippen LogP contribution in [0, 0.1) is 6.92 Å². The standard InChI is InChI=1S/C11H17ClN2O4S2/c1-3-19(15,16)5-4-14-20(17,18)11-7-10(13)8(2)6-9(11)12/h6-7,14H,3-5,13H2,1-2H3. The van der Waals surface area contributed by atoms with Gasteiger partial charge in [-0.15, -0.1) is 0 Å². The molecule has 0 spiro atoms. The van der Waals surface area contributed by atoms with Gasteiger partial charge >= 0.3 is 0 Å². The van der Waals surface area contributed by atoms with E-state index >= 15 is 0 Å². The Morgan fingerprint density at radius 2 is 1.85 bits per heavy atom. The van der Waals surface area contributed by atoms with Crippen LogP contribution in [0.15, 0.2) is 17.0 Å². The van der Waals surface area contributed by atoms with Crippen LogP contribution >= 0.6 is 11.6 Å². The zero-order valence-electron chi connectivity index (χ0n) is 11.2. The predicted octanol–water partition coefficient (Wildman–Crippen LogP) is 0.944. The second kappa shape index (κ2) is 6.30. The molecule has 0 aliphatic carbocycles. The molecule has 114 valence electrons. The lowest BCUT2D eigenvalue weighted by molar-refractivity contribution is 0.581. The molecule has 6 nitrogen and oxygen atoms in total. The molecule has 0 aliphatic rings. The summed E-state index contributed by atoms with van der Waals surface area (Å²) in [5.74, 6) is -0.297. The molecule has 0 amide bonds. The maximum Gasteiger partial charge on any atom is 0.242 e. The highest BCUT2D eigenvalue weighted by Crippen LogP contribution is 2.26. The number of benzene rings is 1. The number of sulfone groups is 1. The van der Waals surface area contributed by atoms with E-state index in [1.54, 1.807) is 6.92 Å². The van der Waals surface area contributed by atoms with E-state index in [9.17, 15) is 16.8 Å². The van der Waals surface area contributed by atoms with Crippen molar-refractivity contribution in [1.82, 2.24) is 4.72 Å². The molecular formula is C11H17ClN2O4S2. The summed E-state index contributed by atoms with van der Waals surface area (Å²) in [5, 5.41) is 0.0440. The van der Waals surface area contributed by atoms with Crippen LogP contribution < -0.4 is 10.5 Å². The minimum Gasteiger partial charge on any atom is -0.398 e. The normalized spacial score (nSPS) is 12.6. The Kier molecular flexibility index (Phi) is 5.42. The molecule has 0 aromatic heterocycles. The summed E-state index contributed by atoms with van der Waals surface area (Å²) in [6.07, 6.45) is 0. The molecule has 0 heterocycles. The number of nitrogens with one attached hydrogen (secondary N) is 1. The van der Waals surface area contributed by atoms with Gasteiger partial charge in [-0.25, -0.2) is 21.6 Å². The van der Waals surface area contributed by atoms with E-state index in [2.05, 4.69) is 4.72 Å². The Labute approximate surface area is 124 Å². The first kappa shape index (κ1) is 17.2. The number of anilines is 1. The zero-order valence-corrected chi connectivity index (χ0v) is 13.6. The fourth-order valence-electron chi connectivity index (χ4n) is 1.43. The van der Waals surface area contributed by atoms with Gasteiger partial charge in [-0.2, -0.15) is 0 Å². The average Bonchev–Trinajstić information content (AvgIpc) is 2.33. The fraction of sp³-hybridized carbons (Fsp3) is 0.455. The molecular weight excluding hydrogens is 324 g/mol. The molecule has 0 saturated heterocycles. The van der Waals surface area contributed by atoms with Gasteiger partial charge < -0.3 is 5.73 Å². The molecule has 9 heteroatoms. The van der Waals surface area contributed by atoms with Crippen molar-refractivity contribution in [2.24, 2.45) is 0 Å². The van der Waals surface area contributed by atoms with Crippen LogP contribution in [0.4, 0.5) is 5.69 Å². The highest BCUT2D eigenvalue weighted by molar-refractivity contribution is 7.91. The van der Waals surface area contributed by atoms with Crippen molar-refractivity contribution >= 4 is 37.1 Å². The van der Waals surface area contributed by atoms with E-state index in [-0.39, 0.29) is 28.0 Å². The Morgan fingerprint density at radius 3 is 2.40 bits per heavy atom. The lowest BCUT2D eigenvalue weighted by Gasteiger charge is -2.10. The summed E-state index contributed by atoms with van der Waals surface area (Å²) >= 11 is 5.89. The number of aryl methyl sites for hydroxylation is 1. The minimum absolute atomic E-state index is 0.0348. The summed E-state index contributed by atoms with van der Waals surface area (Å²) in [4.78, 5) is -0.156. The minimum atomic E-state index is -3.89. The first-order chi connectivity index (χ1) is 9.09. The van der Waals surface area contributed by atoms with Crippen LogP contribution in [-0.2, 0) is 19.9 Å².